The summed E-state index contributed by atoms with van der Waals surface area (Å²) >= 11 is 0. The third-order valence-corrected chi connectivity index (χ3v) is 4.05. The van der Waals surface area contributed by atoms with Crippen LogP contribution in [0, 0.1) is 25.2 Å². The number of rotatable bonds is 9. The van der Waals surface area contributed by atoms with Crippen LogP contribution in [-0.2, 0) is 9.59 Å². The van der Waals surface area contributed by atoms with Gasteiger partial charge < -0.3 is 19.5 Å². The number of nitrogens with one attached hydrogen (secondary N) is 1. The summed E-state index contributed by atoms with van der Waals surface area (Å²) in [5, 5.41) is 11.8. The Labute approximate surface area is 181 Å². The molecule has 1 N–H and O–H groups in total. The lowest BCUT2D eigenvalue weighted by atomic mass is 10.1. The molecule has 0 radical (unpaired) electrons. The minimum Gasteiger partial charge on any atom is -0.493 e. The van der Waals surface area contributed by atoms with Crippen LogP contribution in [-0.4, -0.2) is 32.1 Å². The third kappa shape index (κ3) is 7.05. The molecule has 7 nitrogen and oxygen atoms in total. The van der Waals surface area contributed by atoms with Crippen LogP contribution in [0.4, 0.5) is 0 Å². The van der Waals surface area contributed by atoms with E-state index in [0.29, 0.717) is 11.3 Å². The lowest BCUT2D eigenvalue weighted by Gasteiger charge is -2.11. The van der Waals surface area contributed by atoms with E-state index in [4.69, 9.17) is 14.2 Å². The van der Waals surface area contributed by atoms with Gasteiger partial charge in [0.15, 0.2) is 18.1 Å². The molecule has 31 heavy (non-hydrogen) atoms. The molecule has 0 saturated heterocycles. The maximum Gasteiger partial charge on any atom is 0.349 e. The zero-order chi connectivity index (χ0) is 22.8. The molecule has 0 aliphatic carbocycles. The second-order valence-corrected chi connectivity index (χ2v) is 6.66. The number of nitriles is 1. The monoisotopic (exact) mass is 420 g/mol. The second kappa shape index (κ2) is 11.2. The van der Waals surface area contributed by atoms with Crippen molar-refractivity contribution in [1.29, 1.82) is 5.26 Å². The number of carbonyl (C=O) groups excluding carboxylic acids is 2. The maximum atomic E-state index is 12.2. The van der Waals surface area contributed by atoms with E-state index in [9.17, 15) is 14.9 Å². The van der Waals surface area contributed by atoms with Crippen LogP contribution in [0.15, 0.2) is 54.6 Å². The second-order valence-electron chi connectivity index (χ2n) is 6.66. The van der Waals surface area contributed by atoms with Crippen LogP contribution in [0.1, 0.15) is 16.7 Å². The molecular weight excluding hydrogens is 396 g/mol. The van der Waals surface area contributed by atoms with Crippen molar-refractivity contribution < 1.29 is 23.8 Å². The molecule has 2 aromatic rings. The van der Waals surface area contributed by atoms with Crippen molar-refractivity contribution in [1.82, 2.24) is 5.32 Å². The highest BCUT2D eigenvalue weighted by atomic mass is 16.6. The molecule has 0 bridgehead atoms. The van der Waals surface area contributed by atoms with Crippen LogP contribution >= 0.6 is 0 Å². The van der Waals surface area contributed by atoms with E-state index in [0.717, 1.165) is 11.1 Å². The molecule has 0 unspecified atom stereocenters. The summed E-state index contributed by atoms with van der Waals surface area (Å²) < 4.78 is 16.1. The van der Waals surface area contributed by atoms with Gasteiger partial charge in [-0.05, 0) is 60.9 Å². The highest BCUT2D eigenvalue weighted by molar-refractivity contribution is 6.01. The Bertz CT molecular complexity index is 1030. The number of aryl methyl sites for hydroxylation is 2. The number of amides is 1. The molecule has 0 atom stereocenters. The molecule has 7 heteroatoms. The minimum atomic E-state index is -0.595. The van der Waals surface area contributed by atoms with E-state index in [2.05, 4.69) is 11.9 Å². The lowest BCUT2D eigenvalue weighted by Crippen LogP contribution is -2.24. The predicted octanol–water partition coefficient (Wildman–Crippen LogP) is 3.51. The van der Waals surface area contributed by atoms with E-state index in [1.54, 1.807) is 12.1 Å². The summed E-state index contributed by atoms with van der Waals surface area (Å²) in [6, 6.07) is 12.2. The Balaban J connectivity index is 2.09. The molecule has 2 rings (SSSR count). The van der Waals surface area contributed by atoms with Gasteiger partial charge in [-0.15, -0.1) is 6.58 Å². The van der Waals surface area contributed by atoms with Crippen molar-refractivity contribution in [3.8, 4) is 23.3 Å². The predicted molar refractivity (Wildman–Crippen MR) is 117 cm³/mol. The summed E-state index contributed by atoms with van der Waals surface area (Å²) in [5.74, 6) is -0.0519. The first-order chi connectivity index (χ1) is 14.9. The van der Waals surface area contributed by atoms with E-state index < -0.39 is 11.9 Å². The van der Waals surface area contributed by atoms with Crippen LogP contribution in [0.2, 0.25) is 0 Å². The quantitative estimate of drug-likeness (QED) is 0.219. The number of methoxy groups -OCH3 is 1. The SMILES string of the molecule is C=CCNC(=O)/C(C#N)=C/c1ccc(OC(=O)COc2cc(C)cc(C)c2)c(OC)c1. The number of carbonyl (C=O) groups is 2. The van der Waals surface area contributed by atoms with E-state index in [1.165, 1.54) is 25.3 Å². The molecule has 0 aliphatic heterocycles. The Morgan fingerprint density at radius 3 is 2.45 bits per heavy atom. The van der Waals surface area contributed by atoms with Crippen LogP contribution in [0.3, 0.4) is 0 Å². The first-order valence-electron chi connectivity index (χ1n) is 9.47. The standard InChI is InChI=1S/C24H24N2O5/c1-5-8-26-24(28)19(14-25)12-18-6-7-21(22(13-18)29-4)31-23(27)15-30-20-10-16(2)9-17(3)11-20/h5-7,9-13H,1,8,15H2,2-4H3,(H,26,28)/b19-12+. The van der Waals surface area contributed by atoms with Gasteiger partial charge in [0.25, 0.3) is 5.91 Å². The topological polar surface area (TPSA) is 97.7 Å². The van der Waals surface area contributed by atoms with E-state index in [1.807, 2.05) is 38.1 Å². The zero-order valence-corrected chi connectivity index (χ0v) is 17.7. The third-order valence-electron chi connectivity index (χ3n) is 4.05. The summed E-state index contributed by atoms with van der Waals surface area (Å²) in [6.45, 7) is 7.38. The van der Waals surface area contributed by atoms with Crippen LogP contribution in [0.5, 0.6) is 17.2 Å². The van der Waals surface area contributed by atoms with Gasteiger partial charge in [0.1, 0.15) is 17.4 Å². The molecule has 0 aromatic heterocycles. The minimum absolute atomic E-state index is 0.0736. The smallest absolute Gasteiger partial charge is 0.349 e. The first kappa shape index (κ1) is 23.2. The van der Waals surface area contributed by atoms with Crippen molar-refractivity contribution in [2.45, 2.75) is 13.8 Å². The number of benzene rings is 2. The Morgan fingerprint density at radius 2 is 1.84 bits per heavy atom. The Hall–Kier alpha value is -4.05. The summed E-state index contributed by atoms with van der Waals surface area (Å²) in [7, 11) is 1.42. The fourth-order valence-corrected chi connectivity index (χ4v) is 2.74. The summed E-state index contributed by atoms with van der Waals surface area (Å²) in [4.78, 5) is 24.2. The van der Waals surface area contributed by atoms with Gasteiger partial charge in [0.2, 0.25) is 0 Å². The molecular formula is C24H24N2O5. The van der Waals surface area contributed by atoms with Gasteiger partial charge in [0, 0.05) is 6.54 Å². The molecule has 0 saturated carbocycles. The van der Waals surface area contributed by atoms with Crippen molar-refractivity contribution in [2.24, 2.45) is 0 Å². The molecule has 0 spiro atoms. The fourth-order valence-electron chi connectivity index (χ4n) is 2.74. The van der Waals surface area contributed by atoms with Crippen molar-refractivity contribution in [2.75, 3.05) is 20.3 Å². The number of ether oxygens (including phenoxy) is 3. The maximum absolute atomic E-state index is 12.2. The van der Waals surface area contributed by atoms with E-state index >= 15 is 0 Å². The number of esters is 1. The van der Waals surface area contributed by atoms with Crippen LogP contribution in [0.25, 0.3) is 6.08 Å². The highest BCUT2D eigenvalue weighted by Gasteiger charge is 2.13. The Morgan fingerprint density at radius 1 is 1.13 bits per heavy atom. The van der Waals surface area contributed by atoms with Crippen molar-refractivity contribution in [3.63, 3.8) is 0 Å². The molecule has 2 aromatic carbocycles. The van der Waals surface area contributed by atoms with Crippen LogP contribution < -0.4 is 19.5 Å². The van der Waals surface area contributed by atoms with Gasteiger partial charge in [-0.2, -0.15) is 5.26 Å². The largest absolute Gasteiger partial charge is 0.493 e. The van der Waals surface area contributed by atoms with Gasteiger partial charge in [-0.1, -0.05) is 18.2 Å². The lowest BCUT2D eigenvalue weighted by molar-refractivity contribution is -0.136. The average Bonchev–Trinajstić information content (AvgIpc) is 2.74. The fraction of sp³-hybridized carbons (Fsp3) is 0.208. The average molecular weight is 420 g/mol. The molecule has 0 heterocycles. The summed E-state index contributed by atoms with van der Waals surface area (Å²) in [6.07, 6.45) is 2.93. The molecule has 0 aliphatic rings. The number of hydrogen-bond acceptors (Lipinski definition) is 6. The highest BCUT2D eigenvalue weighted by Crippen LogP contribution is 2.29. The zero-order valence-electron chi connectivity index (χ0n) is 17.7. The summed E-state index contributed by atoms with van der Waals surface area (Å²) in [5.41, 5.74) is 2.52. The van der Waals surface area contributed by atoms with Crippen molar-refractivity contribution >= 4 is 18.0 Å². The Kier molecular flexibility index (Phi) is 8.41. The van der Waals surface area contributed by atoms with Gasteiger partial charge in [0.05, 0.1) is 7.11 Å². The molecule has 1 amide bonds. The van der Waals surface area contributed by atoms with Gasteiger partial charge in [-0.25, -0.2) is 4.79 Å². The normalized spacial score (nSPS) is 10.6. The van der Waals surface area contributed by atoms with E-state index in [-0.39, 0.29) is 30.2 Å². The van der Waals surface area contributed by atoms with Gasteiger partial charge in [-0.3, -0.25) is 4.79 Å². The molecule has 160 valence electrons. The van der Waals surface area contributed by atoms with Crippen molar-refractivity contribution in [3.05, 3.63) is 71.3 Å². The molecule has 0 fully saturated rings. The number of nitrogens with zero attached hydrogens (tertiary/aromatic N) is 1. The first-order valence-corrected chi connectivity index (χ1v) is 9.47. The number of hydrogen-bond donors (Lipinski definition) is 1. The van der Waals surface area contributed by atoms with Gasteiger partial charge >= 0.3 is 5.97 Å².